The van der Waals surface area contributed by atoms with E-state index in [1.54, 1.807) is 0 Å². The first-order valence-corrected chi connectivity index (χ1v) is 5.80. The monoisotopic (exact) mass is 213 g/mol. The highest BCUT2D eigenvalue weighted by atomic mass is 14.6. The summed E-state index contributed by atoms with van der Waals surface area (Å²) in [6.45, 7) is 8.61. The average Bonchev–Trinajstić information content (AvgIpc) is 2.19. The van der Waals surface area contributed by atoms with E-state index in [1.807, 2.05) is 0 Å². The van der Waals surface area contributed by atoms with E-state index in [4.69, 9.17) is 5.73 Å². The molecule has 0 saturated carbocycles. The minimum absolute atomic E-state index is 0.463. The molecule has 2 rings (SSSR count). The number of hydrogen-bond acceptors (Lipinski definition) is 1. The Morgan fingerprint density at radius 1 is 1.06 bits per heavy atom. The van der Waals surface area contributed by atoms with Gasteiger partial charge in [-0.25, -0.2) is 0 Å². The van der Waals surface area contributed by atoms with Crippen LogP contribution in [0.15, 0.2) is 24.3 Å². The second-order valence-corrected chi connectivity index (χ2v) is 4.90. The molecule has 0 spiro atoms. The van der Waals surface area contributed by atoms with Gasteiger partial charge < -0.3 is 5.73 Å². The fourth-order valence-corrected chi connectivity index (χ4v) is 2.34. The molecular formula is C15H19N. The van der Waals surface area contributed by atoms with Crippen LogP contribution in [0.4, 0.5) is 5.69 Å². The standard InChI is InChI=1S/C15H19N/c1-9(2)14-13-6-5-10(3)7-12(13)8-11(4)15(14)16/h5-9H,16H2,1-4H3. The van der Waals surface area contributed by atoms with Crippen molar-refractivity contribution in [3.8, 4) is 0 Å². The van der Waals surface area contributed by atoms with Crippen molar-refractivity contribution in [2.75, 3.05) is 5.73 Å². The van der Waals surface area contributed by atoms with E-state index < -0.39 is 0 Å². The zero-order chi connectivity index (χ0) is 11.9. The minimum atomic E-state index is 0.463. The zero-order valence-electron chi connectivity index (χ0n) is 10.5. The number of rotatable bonds is 1. The molecule has 84 valence electrons. The number of anilines is 1. The number of hydrogen-bond donors (Lipinski definition) is 1. The van der Waals surface area contributed by atoms with Crippen LogP contribution in [-0.2, 0) is 0 Å². The molecule has 0 aromatic heterocycles. The molecule has 0 bridgehead atoms. The maximum atomic E-state index is 6.19. The summed E-state index contributed by atoms with van der Waals surface area (Å²) in [6.07, 6.45) is 0. The van der Waals surface area contributed by atoms with Crippen LogP contribution in [0.3, 0.4) is 0 Å². The van der Waals surface area contributed by atoms with E-state index in [0.717, 1.165) is 5.69 Å². The maximum Gasteiger partial charge on any atom is 0.0385 e. The van der Waals surface area contributed by atoms with Crippen molar-refractivity contribution in [3.05, 3.63) is 41.0 Å². The Morgan fingerprint density at radius 2 is 1.75 bits per heavy atom. The van der Waals surface area contributed by atoms with Gasteiger partial charge in [-0.1, -0.05) is 37.6 Å². The lowest BCUT2D eigenvalue weighted by molar-refractivity contribution is 0.878. The third-order valence-electron chi connectivity index (χ3n) is 3.16. The van der Waals surface area contributed by atoms with Crippen molar-refractivity contribution >= 4 is 16.5 Å². The van der Waals surface area contributed by atoms with Crippen LogP contribution in [0.1, 0.15) is 36.5 Å². The predicted molar refractivity (Wildman–Crippen MR) is 71.9 cm³/mol. The van der Waals surface area contributed by atoms with E-state index in [2.05, 4.69) is 52.0 Å². The Kier molecular flexibility index (Phi) is 2.63. The summed E-state index contributed by atoms with van der Waals surface area (Å²) in [6, 6.07) is 8.76. The molecule has 0 amide bonds. The van der Waals surface area contributed by atoms with Gasteiger partial charge in [0.2, 0.25) is 0 Å². The summed E-state index contributed by atoms with van der Waals surface area (Å²) in [4.78, 5) is 0. The normalized spacial score (nSPS) is 11.3. The van der Waals surface area contributed by atoms with Crippen molar-refractivity contribution in [2.24, 2.45) is 0 Å². The molecule has 2 aromatic rings. The molecule has 1 nitrogen and oxygen atoms in total. The molecule has 2 N–H and O–H groups in total. The molecule has 0 radical (unpaired) electrons. The van der Waals surface area contributed by atoms with Gasteiger partial charge in [0.05, 0.1) is 0 Å². The third-order valence-corrected chi connectivity index (χ3v) is 3.16. The summed E-state index contributed by atoms with van der Waals surface area (Å²) in [5, 5.41) is 2.60. The molecule has 16 heavy (non-hydrogen) atoms. The van der Waals surface area contributed by atoms with Crippen molar-refractivity contribution in [1.82, 2.24) is 0 Å². The first-order chi connectivity index (χ1) is 7.50. The highest BCUT2D eigenvalue weighted by molar-refractivity contribution is 5.92. The van der Waals surface area contributed by atoms with Crippen LogP contribution in [-0.4, -0.2) is 0 Å². The smallest absolute Gasteiger partial charge is 0.0385 e. The van der Waals surface area contributed by atoms with Crippen molar-refractivity contribution in [3.63, 3.8) is 0 Å². The minimum Gasteiger partial charge on any atom is -0.398 e. The Hall–Kier alpha value is -1.50. The van der Waals surface area contributed by atoms with Crippen molar-refractivity contribution < 1.29 is 0 Å². The topological polar surface area (TPSA) is 26.0 Å². The lowest BCUT2D eigenvalue weighted by atomic mass is 9.91. The van der Waals surface area contributed by atoms with Gasteiger partial charge in [0.1, 0.15) is 0 Å². The first-order valence-electron chi connectivity index (χ1n) is 5.80. The van der Waals surface area contributed by atoms with E-state index >= 15 is 0 Å². The molecule has 2 aromatic carbocycles. The van der Waals surface area contributed by atoms with Crippen LogP contribution in [0.25, 0.3) is 10.8 Å². The zero-order valence-corrected chi connectivity index (χ0v) is 10.5. The maximum absolute atomic E-state index is 6.19. The van der Waals surface area contributed by atoms with Crippen LogP contribution in [0, 0.1) is 13.8 Å². The van der Waals surface area contributed by atoms with Gasteiger partial charge >= 0.3 is 0 Å². The van der Waals surface area contributed by atoms with Crippen LogP contribution in [0.5, 0.6) is 0 Å². The lowest BCUT2D eigenvalue weighted by Crippen LogP contribution is -2.00. The molecule has 0 aliphatic rings. The lowest BCUT2D eigenvalue weighted by Gasteiger charge is -2.16. The predicted octanol–water partition coefficient (Wildman–Crippen LogP) is 4.16. The average molecular weight is 213 g/mol. The third kappa shape index (κ3) is 1.67. The number of fused-ring (bicyclic) bond motifs is 1. The van der Waals surface area contributed by atoms with Crippen LogP contribution >= 0.6 is 0 Å². The SMILES string of the molecule is Cc1ccc2c(C(C)C)c(N)c(C)cc2c1. The van der Waals surface area contributed by atoms with Crippen molar-refractivity contribution in [1.29, 1.82) is 0 Å². The van der Waals surface area contributed by atoms with Crippen molar-refractivity contribution in [2.45, 2.75) is 33.6 Å². The highest BCUT2D eigenvalue weighted by Crippen LogP contribution is 2.33. The highest BCUT2D eigenvalue weighted by Gasteiger charge is 2.11. The van der Waals surface area contributed by atoms with Gasteiger partial charge in [0, 0.05) is 5.69 Å². The Morgan fingerprint density at radius 3 is 2.38 bits per heavy atom. The quantitative estimate of drug-likeness (QED) is 0.707. The van der Waals surface area contributed by atoms with E-state index in [0.29, 0.717) is 5.92 Å². The fraction of sp³-hybridized carbons (Fsp3) is 0.333. The van der Waals surface area contributed by atoms with Gasteiger partial charge in [-0.3, -0.25) is 0 Å². The summed E-state index contributed by atoms with van der Waals surface area (Å²) in [5.74, 6) is 0.463. The summed E-state index contributed by atoms with van der Waals surface area (Å²) in [7, 11) is 0. The fourth-order valence-electron chi connectivity index (χ4n) is 2.34. The summed E-state index contributed by atoms with van der Waals surface area (Å²) < 4.78 is 0. The van der Waals surface area contributed by atoms with Gasteiger partial charge in [-0.05, 0) is 47.7 Å². The van der Waals surface area contributed by atoms with E-state index in [9.17, 15) is 0 Å². The number of aryl methyl sites for hydroxylation is 2. The van der Waals surface area contributed by atoms with Gasteiger partial charge in [-0.15, -0.1) is 0 Å². The Labute approximate surface area is 97.3 Å². The van der Waals surface area contributed by atoms with Gasteiger partial charge in [0.15, 0.2) is 0 Å². The van der Waals surface area contributed by atoms with Crippen LogP contribution < -0.4 is 5.73 Å². The van der Waals surface area contributed by atoms with Crippen LogP contribution in [0.2, 0.25) is 0 Å². The summed E-state index contributed by atoms with van der Waals surface area (Å²) >= 11 is 0. The number of nitrogens with two attached hydrogens (primary N) is 1. The molecular weight excluding hydrogens is 194 g/mol. The molecule has 1 heteroatoms. The molecule has 0 aliphatic carbocycles. The van der Waals surface area contributed by atoms with E-state index in [-0.39, 0.29) is 0 Å². The molecule has 0 heterocycles. The molecule has 0 unspecified atom stereocenters. The number of nitrogen functional groups attached to an aromatic ring is 1. The Balaban J connectivity index is 2.89. The second-order valence-electron chi connectivity index (χ2n) is 4.90. The molecule has 0 atom stereocenters. The second kappa shape index (κ2) is 3.82. The summed E-state index contributed by atoms with van der Waals surface area (Å²) in [5.41, 5.74) is 10.9. The largest absolute Gasteiger partial charge is 0.398 e. The molecule has 0 aliphatic heterocycles. The van der Waals surface area contributed by atoms with Gasteiger partial charge in [-0.2, -0.15) is 0 Å². The van der Waals surface area contributed by atoms with Gasteiger partial charge in [0.25, 0.3) is 0 Å². The number of benzene rings is 2. The first kappa shape index (κ1) is 11.0. The molecule has 0 fully saturated rings. The van der Waals surface area contributed by atoms with E-state index in [1.165, 1.54) is 27.5 Å². The molecule has 0 saturated heterocycles. The Bertz CT molecular complexity index is 539.